The molecule has 1 N–H and O–H groups in total. The summed E-state index contributed by atoms with van der Waals surface area (Å²) < 4.78 is 10.4. The van der Waals surface area contributed by atoms with Gasteiger partial charge in [0, 0.05) is 0 Å². The van der Waals surface area contributed by atoms with Crippen LogP contribution in [0.5, 0.6) is 5.75 Å². The minimum Gasteiger partial charge on any atom is -0.506 e. The molecule has 0 atom stereocenters. The Hall–Kier alpha value is -1.75. The van der Waals surface area contributed by atoms with E-state index in [2.05, 4.69) is 0 Å². The number of halogens is 1. The SMILES string of the molecule is CCC(C)(C)C(=O)OCCCCCOC(=O)c1ccc(O)c(Cl)c1. The summed E-state index contributed by atoms with van der Waals surface area (Å²) >= 11 is 5.75. The van der Waals surface area contributed by atoms with Crippen LogP contribution in [0.2, 0.25) is 5.02 Å². The van der Waals surface area contributed by atoms with E-state index in [0.29, 0.717) is 18.6 Å². The molecule has 0 spiro atoms. The fourth-order valence-electron chi connectivity index (χ4n) is 1.77. The number of carbonyl (C=O) groups excluding carboxylic acids is 2. The number of phenols is 1. The maximum absolute atomic E-state index is 11.8. The van der Waals surface area contributed by atoms with E-state index in [9.17, 15) is 14.7 Å². The number of carbonyl (C=O) groups is 2. The summed E-state index contributed by atoms with van der Waals surface area (Å²) in [4.78, 5) is 23.6. The lowest BCUT2D eigenvalue weighted by Gasteiger charge is -2.20. The minimum atomic E-state index is -0.479. The van der Waals surface area contributed by atoms with Crippen LogP contribution >= 0.6 is 11.6 Å². The lowest BCUT2D eigenvalue weighted by Crippen LogP contribution is -2.26. The molecule has 24 heavy (non-hydrogen) atoms. The summed E-state index contributed by atoms with van der Waals surface area (Å²) in [6.45, 7) is 6.35. The molecule has 5 nitrogen and oxygen atoms in total. The van der Waals surface area contributed by atoms with E-state index in [1.807, 2.05) is 20.8 Å². The Morgan fingerprint density at radius 2 is 1.75 bits per heavy atom. The van der Waals surface area contributed by atoms with Crippen molar-refractivity contribution in [3.8, 4) is 5.75 Å². The number of hydrogen-bond acceptors (Lipinski definition) is 5. The molecule has 0 radical (unpaired) electrons. The molecular formula is C18H25ClO5. The molecule has 1 rings (SSSR count). The van der Waals surface area contributed by atoms with Gasteiger partial charge < -0.3 is 14.6 Å². The van der Waals surface area contributed by atoms with Crippen molar-refractivity contribution in [2.45, 2.75) is 46.5 Å². The summed E-state index contributed by atoms with van der Waals surface area (Å²) in [6, 6.07) is 4.18. The largest absolute Gasteiger partial charge is 0.506 e. The van der Waals surface area contributed by atoms with Gasteiger partial charge in [0.2, 0.25) is 0 Å². The Labute approximate surface area is 147 Å². The van der Waals surface area contributed by atoms with Crippen LogP contribution in [-0.4, -0.2) is 30.3 Å². The molecule has 0 saturated heterocycles. The average Bonchev–Trinajstić information content (AvgIpc) is 2.55. The second kappa shape index (κ2) is 9.52. The Balaban J connectivity index is 2.17. The number of ether oxygens (including phenoxy) is 2. The van der Waals surface area contributed by atoms with E-state index < -0.39 is 11.4 Å². The van der Waals surface area contributed by atoms with Gasteiger partial charge >= 0.3 is 11.9 Å². The summed E-state index contributed by atoms with van der Waals surface area (Å²) in [5, 5.41) is 9.42. The van der Waals surface area contributed by atoms with Gasteiger partial charge in [0.25, 0.3) is 0 Å². The van der Waals surface area contributed by atoms with Crippen LogP contribution in [0.3, 0.4) is 0 Å². The molecule has 1 aromatic carbocycles. The first-order valence-corrected chi connectivity index (χ1v) is 8.48. The normalized spacial score (nSPS) is 11.2. The van der Waals surface area contributed by atoms with Crippen molar-refractivity contribution in [1.29, 1.82) is 0 Å². The second-order valence-corrected chi connectivity index (χ2v) is 6.64. The van der Waals surface area contributed by atoms with E-state index in [1.54, 1.807) is 0 Å². The van der Waals surface area contributed by atoms with Crippen molar-refractivity contribution in [2.75, 3.05) is 13.2 Å². The number of phenolic OH excluding ortho intramolecular Hbond substituents is 1. The standard InChI is InChI=1S/C18H25ClO5/c1-4-18(2,3)17(22)24-11-7-5-6-10-23-16(21)13-8-9-15(20)14(19)12-13/h8-9,12,20H,4-7,10-11H2,1-3H3. The van der Waals surface area contributed by atoms with Gasteiger partial charge in [-0.3, -0.25) is 4.79 Å². The molecule has 0 aliphatic carbocycles. The van der Waals surface area contributed by atoms with Crippen molar-refractivity contribution in [2.24, 2.45) is 5.41 Å². The van der Waals surface area contributed by atoms with Gasteiger partial charge in [-0.2, -0.15) is 0 Å². The fraction of sp³-hybridized carbons (Fsp3) is 0.556. The molecule has 0 aliphatic heterocycles. The molecule has 0 bridgehead atoms. The third-order valence-corrected chi connectivity index (χ3v) is 4.18. The van der Waals surface area contributed by atoms with Crippen molar-refractivity contribution < 1.29 is 24.2 Å². The zero-order chi connectivity index (χ0) is 18.2. The number of benzene rings is 1. The molecule has 134 valence electrons. The first-order valence-electron chi connectivity index (χ1n) is 8.11. The molecule has 0 heterocycles. The molecule has 6 heteroatoms. The molecule has 0 saturated carbocycles. The van der Waals surface area contributed by atoms with Gasteiger partial charge in [0.15, 0.2) is 0 Å². The Bertz CT molecular complexity index is 569. The molecule has 1 aromatic rings. The Kier molecular flexibility index (Phi) is 8.05. The van der Waals surface area contributed by atoms with Gasteiger partial charge in [-0.05, 0) is 57.7 Å². The van der Waals surface area contributed by atoms with Crippen molar-refractivity contribution >= 4 is 23.5 Å². The lowest BCUT2D eigenvalue weighted by atomic mass is 9.91. The number of unbranched alkanes of at least 4 members (excludes halogenated alkanes) is 2. The van der Waals surface area contributed by atoms with Crippen LogP contribution in [0.4, 0.5) is 0 Å². The number of aromatic hydroxyl groups is 1. The average molecular weight is 357 g/mol. The third-order valence-electron chi connectivity index (χ3n) is 3.87. The predicted octanol–water partition coefficient (Wildman–Crippen LogP) is 4.35. The Morgan fingerprint density at radius 3 is 2.33 bits per heavy atom. The number of esters is 2. The molecule has 0 fully saturated rings. The van der Waals surface area contributed by atoms with Crippen molar-refractivity contribution in [3.05, 3.63) is 28.8 Å². The van der Waals surface area contributed by atoms with Gasteiger partial charge in [0.05, 0.1) is 29.2 Å². The van der Waals surface area contributed by atoms with Gasteiger partial charge in [0.1, 0.15) is 5.75 Å². The zero-order valence-corrected chi connectivity index (χ0v) is 15.2. The summed E-state index contributed by atoms with van der Waals surface area (Å²) in [5.41, 5.74) is -0.144. The van der Waals surface area contributed by atoms with Crippen LogP contribution < -0.4 is 0 Å². The highest BCUT2D eigenvalue weighted by Gasteiger charge is 2.26. The molecule has 0 aromatic heterocycles. The van der Waals surface area contributed by atoms with Crippen LogP contribution in [0.15, 0.2) is 18.2 Å². The molecule has 0 unspecified atom stereocenters. The summed E-state index contributed by atoms with van der Waals surface area (Å²) in [6.07, 6.45) is 2.95. The summed E-state index contributed by atoms with van der Waals surface area (Å²) in [5.74, 6) is -0.734. The van der Waals surface area contributed by atoms with E-state index in [4.69, 9.17) is 21.1 Å². The minimum absolute atomic E-state index is 0.0750. The second-order valence-electron chi connectivity index (χ2n) is 6.24. The highest BCUT2D eigenvalue weighted by atomic mass is 35.5. The maximum atomic E-state index is 11.8. The smallest absolute Gasteiger partial charge is 0.338 e. The van der Waals surface area contributed by atoms with Gasteiger partial charge in [-0.1, -0.05) is 18.5 Å². The van der Waals surface area contributed by atoms with E-state index in [1.165, 1.54) is 18.2 Å². The maximum Gasteiger partial charge on any atom is 0.338 e. The summed E-state index contributed by atoms with van der Waals surface area (Å²) in [7, 11) is 0. The van der Waals surface area contributed by atoms with E-state index in [0.717, 1.165) is 19.3 Å². The monoisotopic (exact) mass is 356 g/mol. The first-order chi connectivity index (χ1) is 11.3. The van der Waals surface area contributed by atoms with Gasteiger partial charge in [-0.15, -0.1) is 0 Å². The number of hydrogen-bond donors (Lipinski definition) is 1. The van der Waals surface area contributed by atoms with E-state index >= 15 is 0 Å². The van der Waals surface area contributed by atoms with Crippen LogP contribution in [0.25, 0.3) is 0 Å². The highest BCUT2D eigenvalue weighted by Crippen LogP contribution is 2.24. The lowest BCUT2D eigenvalue weighted by molar-refractivity contribution is -0.154. The topological polar surface area (TPSA) is 72.8 Å². The third kappa shape index (κ3) is 6.40. The van der Waals surface area contributed by atoms with Crippen molar-refractivity contribution in [1.82, 2.24) is 0 Å². The predicted molar refractivity (Wildman–Crippen MR) is 92.3 cm³/mol. The molecule has 0 aliphatic rings. The fourth-order valence-corrected chi connectivity index (χ4v) is 1.95. The van der Waals surface area contributed by atoms with Crippen LogP contribution in [-0.2, 0) is 14.3 Å². The van der Waals surface area contributed by atoms with Gasteiger partial charge in [-0.25, -0.2) is 4.79 Å². The first kappa shape index (κ1) is 20.3. The van der Waals surface area contributed by atoms with E-state index in [-0.39, 0.29) is 23.3 Å². The molecular weight excluding hydrogens is 332 g/mol. The van der Waals surface area contributed by atoms with Crippen LogP contribution in [0.1, 0.15) is 56.8 Å². The number of rotatable bonds is 9. The molecule has 0 amide bonds. The quantitative estimate of drug-likeness (QED) is 0.526. The highest BCUT2D eigenvalue weighted by molar-refractivity contribution is 6.32. The van der Waals surface area contributed by atoms with Crippen molar-refractivity contribution in [3.63, 3.8) is 0 Å². The zero-order valence-electron chi connectivity index (χ0n) is 14.4. The van der Waals surface area contributed by atoms with Crippen LogP contribution in [0, 0.1) is 5.41 Å². The Morgan fingerprint density at radius 1 is 1.12 bits per heavy atom.